The van der Waals surface area contributed by atoms with Gasteiger partial charge in [0.1, 0.15) is 6.07 Å². The molecule has 0 atom stereocenters. The Labute approximate surface area is 128 Å². The maximum Gasteiger partial charge on any atom is 0.156 e. The summed E-state index contributed by atoms with van der Waals surface area (Å²) in [6, 6.07) is 7.57. The molecule has 1 aromatic heterocycles. The molecule has 3 nitrogen and oxygen atoms in total. The van der Waals surface area contributed by atoms with E-state index >= 15 is 0 Å². The molecule has 2 rings (SSSR count). The molecule has 98 valence electrons. The minimum absolute atomic E-state index is 0.621. The van der Waals surface area contributed by atoms with Gasteiger partial charge in [0.15, 0.2) is 5.75 Å². The lowest BCUT2D eigenvalue weighted by atomic mass is 10.2. The van der Waals surface area contributed by atoms with E-state index in [2.05, 4.69) is 27.3 Å². The second-order valence-corrected chi connectivity index (χ2v) is 6.02. The highest BCUT2D eigenvalue weighted by molar-refractivity contribution is 9.10. The minimum atomic E-state index is 0.621. The molecule has 6 heteroatoms. The zero-order valence-corrected chi connectivity index (χ0v) is 13.2. The van der Waals surface area contributed by atoms with Gasteiger partial charge in [-0.05, 0) is 34.1 Å². The lowest BCUT2D eigenvalue weighted by Gasteiger charge is -2.12. The van der Waals surface area contributed by atoms with Crippen LogP contribution >= 0.6 is 38.9 Å². The monoisotopic (exact) mass is 356 g/mol. The van der Waals surface area contributed by atoms with Gasteiger partial charge in [-0.1, -0.05) is 11.6 Å². The van der Waals surface area contributed by atoms with E-state index in [9.17, 15) is 0 Å². The van der Waals surface area contributed by atoms with Crippen LogP contribution in [0.1, 0.15) is 10.4 Å². The maximum atomic E-state index is 8.78. The van der Waals surface area contributed by atoms with Crippen LogP contribution in [0.5, 0.6) is 5.75 Å². The van der Waals surface area contributed by atoms with Crippen molar-refractivity contribution < 1.29 is 4.74 Å². The normalized spacial score (nSPS) is 10.0. The van der Waals surface area contributed by atoms with Crippen molar-refractivity contribution in [3.63, 3.8) is 0 Å². The lowest BCUT2D eigenvalue weighted by Crippen LogP contribution is -2.00. The molecule has 0 spiro atoms. The van der Waals surface area contributed by atoms with Crippen LogP contribution in [0, 0.1) is 11.3 Å². The average Bonchev–Trinajstić information content (AvgIpc) is 2.83. The van der Waals surface area contributed by atoms with Crippen molar-refractivity contribution in [3.8, 4) is 11.8 Å². The topological polar surface area (TPSA) is 45.0 Å². The Morgan fingerprint density at radius 3 is 2.89 bits per heavy atom. The largest absolute Gasteiger partial charge is 0.493 e. The van der Waals surface area contributed by atoms with Gasteiger partial charge in [0, 0.05) is 21.8 Å². The van der Waals surface area contributed by atoms with Gasteiger partial charge in [-0.15, -0.1) is 11.3 Å². The van der Waals surface area contributed by atoms with E-state index in [1.54, 1.807) is 24.5 Å². The third-order valence-corrected chi connectivity index (χ3v) is 4.19. The van der Waals surface area contributed by atoms with E-state index in [4.69, 9.17) is 21.6 Å². The maximum absolute atomic E-state index is 8.78. The van der Waals surface area contributed by atoms with Crippen LogP contribution in [-0.2, 0) is 6.54 Å². The Bertz CT molecular complexity index is 636. The van der Waals surface area contributed by atoms with Gasteiger partial charge >= 0.3 is 0 Å². The molecule has 0 aliphatic rings. The summed E-state index contributed by atoms with van der Waals surface area (Å²) >= 11 is 11.0. The first-order chi connectivity index (χ1) is 9.13. The summed E-state index contributed by atoms with van der Waals surface area (Å²) in [5.74, 6) is 0.710. The van der Waals surface area contributed by atoms with Crippen LogP contribution in [-0.4, -0.2) is 7.11 Å². The molecule has 1 heterocycles. The van der Waals surface area contributed by atoms with E-state index in [0.717, 1.165) is 15.0 Å². The van der Waals surface area contributed by atoms with E-state index in [-0.39, 0.29) is 0 Å². The van der Waals surface area contributed by atoms with E-state index in [0.29, 0.717) is 22.9 Å². The first-order valence-electron chi connectivity index (χ1n) is 5.38. The van der Waals surface area contributed by atoms with Gasteiger partial charge in [-0.25, -0.2) is 0 Å². The van der Waals surface area contributed by atoms with Gasteiger partial charge in [0.05, 0.1) is 22.8 Å². The number of halogens is 2. The molecule has 2 aromatic rings. The summed E-state index contributed by atoms with van der Waals surface area (Å²) in [5, 5.41) is 14.5. The molecule has 0 bridgehead atoms. The fourth-order valence-electron chi connectivity index (χ4n) is 1.61. The lowest BCUT2D eigenvalue weighted by molar-refractivity contribution is 0.414. The van der Waals surface area contributed by atoms with Crippen molar-refractivity contribution >= 4 is 44.6 Å². The average molecular weight is 358 g/mol. The number of rotatable bonds is 4. The van der Waals surface area contributed by atoms with Crippen LogP contribution in [0.3, 0.4) is 0 Å². The summed E-state index contributed by atoms with van der Waals surface area (Å²) < 4.78 is 6.13. The molecule has 0 saturated carbocycles. The van der Waals surface area contributed by atoms with Crippen molar-refractivity contribution in [1.29, 1.82) is 5.26 Å². The molecule has 1 aromatic carbocycles. The second kappa shape index (κ2) is 6.29. The van der Waals surface area contributed by atoms with Crippen LogP contribution in [0.15, 0.2) is 28.1 Å². The first kappa shape index (κ1) is 14.2. The fraction of sp³-hybridized carbons (Fsp3) is 0.154. The van der Waals surface area contributed by atoms with Gasteiger partial charge < -0.3 is 10.1 Å². The minimum Gasteiger partial charge on any atom is -0.493 e. The smallest absolute Gasteiger partial charge is 0.156 e. The summed E-state index contributed by atoms with van der Waals surface area (Å²) in [4.78, 5) is 1.08. The number of nitriles is 1. The molecular formula is C13H10BrClN2OS. The van der Waals surface area contributed by atoms with Crippen molar-refractivity contribution in [2.45, 2.75) is 6.54 Å². The number of thiophene rings is 1. The molecule has 0 aliphatic carbocycles. The summed E-state index contributed by atoms with van der Waals surface area (Å²) in [6.45, 7) is 0.621. The zero-order valence-electron chi connectivity index (χ0n) is 10.0. The summed E-state index contributed by atoms with van der Waals surface area (Å²) in [5.41, 5.74) is 1.50. The third kappa shape index (κ3) is 3.41. The number of hydrogen-bond acceptors (Lipinski definition) is 4. The molecule has 0 aliphatic heterocycles. The Kier molecular flexibility index (Phi) is 4.70. The zero-order chi connectivity index (χ0) is 13.8. The first-order valence-corrected chi connectivity index (χ1v) is 7.43. The Morgan fingerprint density at radius 1 is 1.47 bits per heavy atom. The van der Waals surface area contributed by atoms with Gasteiger partial charge in [-0.2, -0.15) is 5.26 Å². The molecule has 0 amide bonds. The molecule has 0 fully saturated rings. The number of nitrogens with one attached hydrogen (secondary N) is 1. The Hall–Kier alpha value is -1.22. The Balaban J connectivity index is 2.17. The van der Waals surface area contributed by atoms with E-state index in [1.807, 2.05) is 17.5 Å². The summed E-state index contributed by atoms with van der Waals surface area (Å²) in [6.07, 6.45) is 0. The molecule has 19 heavy (non-hydrogen) atoms. The van der Waals surface area contributed by atoms with Crippen LogP contribution in [0.2, 0.25) is 5.02 Å². The quantitative estimate of drug-likeness (QED) is 0.866. The third-order valence-electron chi connectivity index (χ3n) is 2.45. The highest BCUT2D eigenvalue weighted by Crippen LogP contribution is 2.36. The standard InChI is InChI=1S/C13H10BrClN2OS/c1-18-13-11(14)3-9(15)4-12(13)17-6-10-2-8(5-16)7-19-10/h2-4,7,17H,6H2,1H3. The van der Waals surface area contributed by atoms with Crippen molar-refractivity contribution in [3.05, 3.63) is 43.5 Å². The molecule has 0 unspecified atom stereocenters. The summed E-state index contributed by atoms with van der Waals surface area (Å²) in [7, 11) is 1.61. The van der Waals surface area contributed by atoms with Crippen LogP contribution in [0.4, 0.5) is 5.69 Å². The van der Waals surface area contributed by atoms with Gasteiger partial charge in [-0.3, -0.25) is 0 Å². The molecule has 1 N–H and O–H groups in total. The molecule has 0 saturated heterocycles. The highest BCUT2D eigenvalue weighted by atomic mass is 79.9. The number of ether oxygens (including phenoxy) is 1. The number of hydrogen-bond donors (Lipinski definition) is 1. The van der Waals surface area contributed by atoms with Crippen molar-refractivity contribution in [2.75, 3.05) is 12.4 Å². The second-order valence-electron chi connectivity index (χ2n) is 3.74. The predicted octanol–water partition coefficient (Wildman–Crippen LogP) is 4.66. The van der Waals surface area contributed by atoms with E-state index < -0.39 is 0 Å². The fourth-order valence-corrected chi connectivity index (χ4v) is 3.34. The SMILES string of the molecule is COc1c(Br)cc(Cl)cc1NCc1cc(C#N)cs1. The van der Waals surface area contributed by atoms with E-state index in [1.165, 1.54) is 0 Å². The van der Waals surface area contributed by atoms with Crippen LogP contribution in [0.25, 0.3) is 0 Å². The van der Waals surface area contributed by atoms with Gasteiger partial charge in [0.2, 0.25) is 0 Å². The molecule has 0 radical (unpaired) electrons. The highest BCUT2D eigenvalue weighted by Gasteiger charge is 2.09. The van der Waals surface area contributed by atoms with Crippen LogP contribution < -0.4 is 10.1 Å². The van der Waals surface area contributed by atoms with Gasteiger partial charge in [0.25, 0.3) is 0 Å². The predicted molar refractivity (Wildman–Crippen MR) is 82.1 cm³/mol. The van der Waals surface area contributed by atoms with Crippen molar-refractivity contribution in [1.82, 2.24) is 0 Å². The number of nitrogens with zero attached hydrogens (tertiary/aromatic N) is 1. The number of anilines is 1. The molecular weight excluding hydrogens is 348 g/mol. The number of methoxy groups -OCH3 is 1. The number of benzene rings is 1. The van der Waals surface area contributed by atoms with Crippen molar-refractivity contribution in [2.24, 2.45) is 0 Å². The Morgan fingerprint density at radius 2 is 2.26 bits per heavy atom.